The summed E-state index contributed by atoms with van der Waals surface area (Å²) < 4.78 is 5.56. The number of imidazole rings is 1. The molecule has 4 rings (SSSR count). The van der Waals surface area contributed by atoms with Crippen molar-refractivity contribution >= 4 is 6.09 Å². The van der Waals surface area contributed by atoms with E-state index in [1.54, 1.807) is 17.3 Å². The maximum Gasteiger partial charge on any atom is 0.411 e. The normalized spacial score (nSPS) is 16.3. The van der Waals surface area contributed by atoms with E-state index in [2.05, 4.69) is 22.1 Å². The first-order valence-electron chi connectivity index (χ1n) is 8.34. The summed E-state index contributed by atoms with van der Waals surface area (Å²) in [6, 6.07) is 17.8. The number of carbonyl (C=O) groups is 1. The van der Waals surface area contributed by atoms with E-state index in [9.17, 15) is 4.79 Å². The van der Waals surface area contributed by atoms with Crippen molar-refractivity contribution in [2.24, 2.45) is 0 Å². The molecule has 0 saturated heterocycles. The highest BCUT2D eigenvalue weighted by molar-refractivity contribution is 5.69. The van der Waals surface area contributed by atoms with Gasteiger partial charge in [-0.1, -0.05) is 54.6 Å². The molecule has 2 aromatic carbocycles. The Kier molecular flexibility index (Phi) is 4.21. The predicted molar refractivity (Wildman–Crippen MR) is 93.6 cm³/mol. The van der Waals surface area contributed by atoms with Crippen LogP contribution in [0.5, 0.6) is 0 Å². The molecule has 1 aliphatic heterocycles. The van der Waals surface area contributed by atoms with Crippen LogP contribution in [0.4, 0.5) is 4.79 Å². The van der Waals surface area contributed by atoms with Crippen LogP contribution in [-0.4, -0.2) is 21.0 Å². The Balaban J connectivity index is 1.55. The molecule has 1 atom stereocenters. The molecule has 5 heteroatoms. The van der Waals surface area contributed by atoms with E-state index in [1.165, 1.54) is 5.56 Å². The average molecular weight is 333 g/mol. The van der Waals surface area contributed by atoms with Crippen molar-refractivity contribution < 1.29 is 9.53 Å². The molecule has 5 nitrogen and oxygen atoms in total. The number of fused-ring (bicyclic) bond motifs is 1. The van der Waals surface area contributed by atoms with Crippen LogP contribution in [0.15, 0.2) is 67.0 Å². The molecule has 1 aromatic heterocycles. The molecular formula is C20H19N3O2. The predicted octanol–water partition coefficient (Wildman–Crippen LogP) is 3.85. The molecule has 0 fully saturated rings. The molecular weight excluding hydrogens is 314 g/mol. The number of H-pyrrole nitrogens is 1. The van der Waals surface area contributed by atoms with Gasteiger partial charge < -0.3 is 9.72 Å². The number of hydrogen-bond donors (Lipinski definition) is 1. The van der Waals surface area contributed by atoms with Gasteiger partial charge in [0, 0.05) is 18.8 Å². The number of amides is 1. The quantitative estimate of drug-likeness (QED) is 0.792. The van der Waals surface area contributed by atoms with Crippen LogP contribution >= 0.6 is 0 Å². The average Bonchev–Trinajstić information content (AvgIpc) is 3.20. The number of rotatable bonds is 3. The molecule has 0 bridgehead atoms. The Morgan fingerprint density at radius 2 is 1.88 bits per heavy atom. The van der Waals surface area contributed by atoms with Gasteiger partial charge in [0.1, 0.15) is 12.4 Å². The fourth-order valence-electron chi connectivity index (χ4n) is 3.22. The van der Waals surface area contributed by atoms with Crippen molar-refractivity contribution in [2.45, 2.75) is 25.6 Å². The van der Waals surface area contributed by atoms with Gasteiger partial charge in [0.2, 0.25) is 0 Å². The Labute approximate surface area is 146 Å². The van der Waals surface area contributed by atoms with Gasteiger partial charge in [0.15, 0.2) is 0 Å². The Morgan fingerprint density at radius 1 is 1.12 bits per heavy atom. The summed E-state index contributed by atoms with van der Waals surface area (Å²) in [6.45, 7) is 0.790. The topological polar surface area (TPSA) is 58.2 Å². The first-order valence-corrected chi connectivity index (χ1v) is 8.34. The van der Waals surface area contributed by atoms with Crippen molar-refractivity contribution in [3.63, 3.8) is 0 Å². The van der Waals surface area contributed by atoms with Crippen LogP contribution in [0.3, 0.4) is 0 Å². The van der Waals surface area contributed by atoms with Crippen LogP contribution in [-0.2, 0) is 24.3 Å². The van der Waals surface area contributed by atoms with Crippen molar-refractivity contribution in [3.05, 3.63) is 89.5 Å². The lowest BCUT2D eigenvalue weighted by Crippen LogP contribution is -2.39. The lowest BCUT2D eigenvalue weighted by Gasteiger charge is -2.35. The van der Waals surface area contributed by atoms with Gasteiger partial charge in [-0.3, -0.25) is 4.90 Å². The highest BCUT2D eigenvalue weighted by Gasteiger charge is 2.33. The fraction of sp³-hybridized carbons (Fsp3) is 0.200. The molecule has 0 spiro atoms. The van der Waals surface area contributed by atoms with E-state index in [0.717, 1.165) is 23.4 Å². The standard InChI is InChI=1S/C20H19N3O2/c24-20(25-14-15-6-2-1-3-7-15)23-13-17-9-5-4-8-16(17)12-18(23)19-21-10-11-22-19/h1-11,18H,12-14H2,(H,21,22). The zero-order chi connectivity index (χ0) is 17.1. The van der Waals surface area contributed by atoms with Crippen LogP contribution < -0.4 is 0 Å². The Hall–Kier alpha value is -3.08. The van der Waals surface area contributed by atoms with E-state index in [4.69, 9.17) is 4.74 Å². The van der Waals surface area contributed by atoms with Crippen molar-refractivity contribution in [2.75, 3.05) is 0 Å². The summed E-state index contributed by atoms with van der Waals surface area (Å²) >= 11 is 0. The zero-order valence-corrected chi connectivity index (χ0v) is 13.8. The Bertz CT molecular complexity index is 846. The highest BCUT2D eigenvalue weighted by atomic mass is 16.6. The third kappa shape index (κ3) is 3.26. The minimum Gasteiger partial charge on any atom is -0.445 e. The molecule has 2 heterocycles. The van der Waals surface area contributed by atoms with E-state index >= 15 is 0 Å². The summed E-state index contributed by atoms with van der Waals surface area (Å²) in [5.41, 5.74) is 3.38. The maximum absolute atomic E-state index is 12.7. The van der Waals surface area contributed by atoms with E-state index in [1.807, 2.05) is 42.5 Å². The maximum atomic E-state index is 12.7. The molecule has 25 heavy (non-hydrogen) atoms. The number of aromatic nitrogens is 2. The fourth-order valence-corrected chi connectivity index (χ4v) is 3.22. The van der Waals surface area contributed by atoms with Crippen LogP contribution in [0.25, 0.3) is 0 Å². The van der Waals surface area contributed by atoms with Crippen molar-refractivity contribution in [3.8, 4) is 0 Å². The molecule has 0 radical (unpaired) electrons. The molecule has 3 aromatic rings. The highest BCUT2D eigenvalue weighted by Crippen LogP contribution is 2.32. The largest absolute Gasteiger partial charge is 0.445 e. The number of carbonyl (C=O) groups excluding carboxylic acids is 1. The monoisotopic (exact) mass is 333 g/mol. The molecule has 1 unspecified atom stereocenters. The minimum absolute atomic E-state index is 0.145. The lowest BCUT2D eigenvalue weighted by molar-refractivity contribution is 0.0712. The van der Waals surface area contributed by atoms with Gasteiger partial charge in [-0.2, -0.15) is 0 Å². The van der Waals surface area contributed by atoms with E-state index in [-0.39, 0.29) is 18.7 Å². The number of hydrogen-bond acceptors (Lipinski definition) is 3. The number of nitrogens with one attached hydrogen (secondary N) is 1. The molecule has 1 aliphatic rings. The van der Waals surface area contributed by atoms with E-state index in [0.29, 0.717) is 6.54 Å². The summed E-state index contributed by atoms with van der Waals surface area (Å²) in [6.07, 6.45) is 3.90. The van der Waals surface area contributed by atoms with Gasteiger partial charge in [0.05, 0.1) is 12.6 Å². The van der Waals surface area contributed by atoms with E-state index < -0.39 is 0 Å². The lowest BCUT2D eigenvalue weighted by atomic mass is 9.94. The number of nitrogens with zero attached hydrogens (tertiary/aromatic N) is 2. The van der Waals surface area contributed by atoms with Crippen molar-refractivity contribution in [1.29, 1.82) is 0 Å². The zero-order valence-electron chi connectivity index (χ0n) is 13.8. The van der Waals surface area contributed by atoms with Crippen molar-refractivity contribution in [1.82, 2.24) is 14.9 Å². The third-order valence-corrected chi connectivity index (χ3v) is 4.52. The number of ether oxygens (including phenoxy) is 1. The Morgan fingerprint density at radius 3 is 2.64 bits per heavy atom. The second-order valence-corrected chi connectivity index (χ2v) is 6.13. The van der Waals surface area contributed by atoms with Crippen LogP contribution in [0.2, 0.25) is 0 Å². The molecule has 0 aliphatic carbocycles. The van der Waals surface area contributed by atoms with Crippen LogP contribution in [0, 0.1) is 0 Å². The summed E-state index contributed by atoms with van der Waals surface area (Å²) in [7, 11) is 0. The second kappa shape index (κ2) is 6.81. The van der Waals surface area contributed by atoms with Crippen LogP contribution in [0.1, 0.15) is 28.6 Å². The van der Waals surface area contributed by atoms with Gasteiger partial charge in [0.25, 0.3) is 0 Å². The summed E-state index contributed by atoms with van der Waals surface area (Å²) in [5, 5.41) is 0. The first-order chi connectivity index (χ1) is 12.3. The third-order valence-electron chi connectivity index (χ3n) is 4.52. The summed E-state index contributed by atoms with van der Waals surface area (Å²) in [4.78, 5) is 22.0. The molecule has 1 N–H and O–H groups in total. The molecule has 1 amide bonds. The van der Waals surface area contributed by atoms with Gasteiger partial charge in [-0.15, -0.1) is 0 Å². The van der Waals surface area contributed by atoms with Gasteiger partial charge in [-0.25, -0.2) is 9.78 Å². The summed E-state index contributed by atoms with van der Waals surface area (Å²) in [5.74, 6) is 0.783. The SMILES string of the molecule is O=C(OCc1ccccc1)N1Cc2ccccc2CC1c1ncc[nH]1. The number of aromatic amines is 1. The minimum atomic E-state index is -0.320. The molecule has 0 saturated carbocycles. The first kappa shape index (κ1) is 15.4. The van der Waals surface area contributed by atoms with Gasteiger partial charge in [-0.05, 0) is 16.7 Å². The van der Waals surface area contributed by atoms with Gasteiger partial charge >= 0.3 is 6.09 Å². The number of benzene rings is 2. The smallest absolute Gasteiger partial charge is 0.411 e. The molecule has 126 valence electrons. The second-order valence-electron chi connectivity index (χ2n) is 6.13.